The summed E-state index contributed by atoms with van der Waals surface area (Å²) >= 11 is 4.71. The topological polar surface area (TPSA) is 75.4 Å². The van der Waals surface area contributed by atoms with Crippen molar-refractivity contribution in [2.45, 2.75) is 24.3 Å². The Kier molecular flexibility index (Phi) is 6.21. The Labute approximate surface area is 130 Å². The molecule has 1 aromatic carbocycles. The first-order valence-corrected chi connectivity index (χ1v) is 8.29. The number of nitrogens with one attached hydrogen (secondary N) is 1. The zero-order chi connectivity index (χ0) is 16.2. The van der Waals surface area contributed by atoms with E-state index in [2.05, 4.69) is 4.72 Å². The minimum atomic E-state index is -3.73. The maximum absolute atomic E-state index is 13.5. The van der Waals surface area contributed by atoms with Gasteiger partial charge < -0.3 is 10.6 Å². The van der Waals surface area contributed by atoms with Crippen LogP contribution < -0.4 is 10.5 Å². The van der Waals surface area contributed by atoms with Crippen LogP contribution in [0.4, 0.5) is 4.39 Å². The zero-order valence-corrected chi connectivity index (χ0v) is 13.9. The second kappa shape index (κ2) is 7.26. The van der Waals surface area contributed by atoms with Crippen molar-refractivity contribution < 1.29 is 12.8 Å². The Morgan fingerprint density at radius 2 is 2.10 bits per heavy atom. The fourth-order valence-electron chi connectivity index (χ4n) is 1.70. The molecule has 0 amide bonds. The molecule has 0 aliphatic rings. The van der Waals surface area contributed by atoms with E-state index >= 15 is 0 Å². The summed E-state index contributed by atoms with van der Waals surface area (Å²) in [7, 11) is 0.0942. The molecular weight excluding hydrogens is 313 g/mol. The van der Waals surface area contributed by atoms with Crippen LogP contribution in [0.5, 0.6) is 0 Å². The minimum Gasteiger partial charge on any atom is -0.389 e. The number of sulfonamides is 1. The highest BCUT2D eigenvalue weighted by atomic mass is 32.2. The largest absolute Gasteiger partial charge is 0.389 e. The van der Waals surface area contributed by atoms with Crippen molar-refractivity contribution in [1.29, 1.82) is 0 Å². The number of nitrogens with two attached hydrogens (primary N) is 1. The van der Waals surface area contributed by atoms with Crippen molar-refractivity contribution in [1.82, 2.24) is 9.62 Å². The van der Waals surface area contributed by atoms with E-state index in [0.717, 1.165) is 18.7 Å². The first kappa shape index (κ1) is 18.0. The third kappa shape index (κ3) is 5.31. The predicted molar refractivity (Wildman–Crippen MR) is 85.2 cm³/mol. The second-order valence-corrected chi connectivity index (χ2v) is 7.27. The van der Waals surface area contributed by atoms with E-state index in [-0.39, 0.29) is 21.5 Å². The second-order valence-electron chi connectivity index (χ2n) is 5.12. The zero-order valence-electron chi connectivity index (χ0n) is 12.3. The molecule has 0 aliphatic carbocycles. The summed E-state index contributed by atoms with van der Waals surface area (Å²) in [6.45, 7) is 2.53. The van der Waals surface area contributed by atoms with Gasteiger partial charge in [-0.1, -0.05) is 12.2 Å². The van der Waals surface area contributed by atoms with Crippen molar-refractivity contribution >= 4 is 27.2 Å². The third-order valence-electron chi connectivity index (χ3n) is 2.88. The fourth-order valence-corrected chi connectivity index (χ4v) is 3.16. The Morgan fingerprint density at radius 3 is 2.62 bits per heavy atom. The smallest absolute Gasteiger partial charge is 0.240 e. The van der Waals surface area contributed by atoms with Gasteiger partial charge in [0.2, 0.25) is 10.0 Å². The fraction of sp³-hybridized carbons (Fsp3) is 0.462. The molecule has 5 nitrogen and oxygen atoms in total. The Morgan fingerprint density at radius 1 is 1.48 bits per heavy atom. The molecule has 0 saturated carbocycles. The van der Waals surface area contributed by atoms with Crippen LogP contribution in [0.15, 0.2) is 23.1 Å². The number of hydrogen-bond acceptors (Lipinski definition) is 4. The van der Waals surface area contributed by atoms with Crippen LogP contribution in [0.25, 0.3) is 0 Å². The number of thiocarbonyl (C=S) groups is 1. The molecule has 21 heavy (non-hydrogen) atoms. The molecule has 0 heterocycles. The Hall–Kier alpha value is -1.09. The highest BCUT2D eigenvalue weighted by molar-refractivity contribution is 7.89. The maximum Gasteiger partial charge on any atom is 0.240 e. The van der Waals surface area contributed by atoms with Gasteiger partial charge in [-0.25, -0.2) is 17.5 Å². The average Bonchev–Trinajstić information content (AvgIpc) is 2.35. The van der Waals surface area contributed by atoms with Crippen molar-refractivity contribution in [3.8, 4) is 0 Å². The number of benzene rings is 1. The number of nitrogens with zero attached hydrogens (tertiary/aromatic N) is 1. The van der Waals surface area contributed by atoms with E-state index in [4.69, 9.17) is 18.0 Å². The van der Waals surface area contributed by atoms with Gasteiger partial charge in [0, 0.05) is 11.6 Å². The molecular formula is C13H20FN3O2S2. The van der Waals surface area contributed by atoms with Crippen LogP contribution in [0.1, 0.15) is 18.9 Å². The molecule has 0 saturated heterocycles. The molecule has 0 bridgehead atoms. The van der Waals surface area contributed by atoms with Crippen LogP contribution in [-0.4, -0.2) is 45.0 Å². The van der Waals surface area contributed by atoms with Gasteiger partial charge in [-0.2, -0.15) is 0 Å². The monoisotopic (exact) mass is 333 g/mol. The summed E-state index contributed by atoms with van der Waals surface area (Å²) in [5, 5.41) is 0. The lowest BCUT2D eigenvalue weighted by atomic mass is 10.2. The van der Waals surface area contributed by atoms with Crippen LogP contribution in [0.2, 0.25) is 0 Å². The molecule has 1 atom stereocenters. The summed E-state index contributed by atoms with van der Waals surface area (Å²) in [6, 6.07) is 3.15. The third-order valence-corrected chi connectivity index (χ3v) is 4.69. The van der Waals surface area contributed by atoms with Gasteiger partial charge in [0.1, 0.15) is 10.8 Å². The molecule has 0 aromatic heterocycles. The van der Waals surface area contributed by atoms with Gasteiger partial charge in [0.25, 0.3) is 0 Å². The van der Waals surface area contributed by atoms with E-state index < -0.39 is 15.8 Å². The van der Waals surface area contributed by atoms with Crippen molar-refractivity contribution in [2.24, 2.45) is 5.73 Å². The molecule has 1 unspecified atom stereocenters. The molecule has 8 heteroatoms. The molecule has 0 radical (unpaired) electrons. The first-order chi connectivity index (χ1) is 9.63. The van der Waals surface area contributed by atoms with Gasteiger partial charge in [-0.15, -0.1) is 0 Å². The summed E-state index contributed by atoms with van der Waals surface area (Å²) < 4.78 is 40.5. The van der Waals surface area contributed by atoms with Crippen molar-refractivity contribution in [3.63, 3.8) is 0 Å². The van der Waals surface area contributed by atoms with Gasteiger partial charge in [-0.3, -0.25) is 0 Å². The summed E-state index contributed by atoms with van der Waals surface area (Å²) in [6.07, 6.45) is 0.662. The van der Waals surface area contributed by atoms with E-state index in [9.17, 15) is 12.8 Å². The minimum absolute atomic E-state index is 0.0524. The molecule has 1 aromatic rings. The lowest BCUT2D eigenvalue weighted by Gasteiger charge is -2.17. The quantitative estimate of drug-likeness (QED) is 0.730. The Balaban J connectivity index is 2.93. The van der Waals surface area contributed by atoms with Gasteiger partial charge in [0.15, 0.2) is 0 Å². The summed E-state index contributed by atoms with van der Waals surface area (Å²) in [5.41, 5.74) is 5.30. The molecule has 0 aliphatic heterocycles. The average molecular weight is 333 g/mol. The lowest BCUT2D eigenvalue weighted by Crippen LogP contribution is -2.35. The van der Waals surface area contributed by atoms with Crippen LogP contribution >= 0.6 is 12.2 Å². The van der Waals surface area contributed by atoms with Crippen LogP contribution in [0.3, 0.4) is 0 Å². The highest BCUT2D eigenvalue weighted by Crippen LogP contribution is 2.16. The van der Waals surface area contributed by atoms with Gasteiger partial charge >= 0.3 is 0 Å². The predicted octanol–water partition coefficient (Wildman–Crippen LogP) is 1.08. The lowest BCUT2D eigenvalue weighted by molar-refractivity contribution is 0.379. The van der Waals surface area contributed by atoms with Gasteiger partial charge in [-0.05, 0) is 52.2 Å². The standard InChI is InChI=1S/C13H20FN3O2S2/c1-9(6-7-17(2)3)16-21(18,19)10-4-5-12(14)11(8-10)13(15)20/h4-5,8-9,16H,6-7H2,1-3H3,(H2,15,20). The van der Waals surface area contributed by atoms with Crippen molar-refractivity contribution in [2.75, 3.05) is 20.6 Å². The normalized spacial score (nSPS) is 13.4. The molecule has 3 N–H and O–H groups in total. The van der Waals surface area contributed by atoms with Gasteiger partial charge in [0.05, 0.1) is 4.90 Å². The van der Waals surface area contributed by atoms with Crippen molar-refractivity contribution in [3.05, 3.63) is 29.6 Å². The summed E-state index contributed by atoms with van der Waals surface area (Å²) in [5.74, 6) is -0.637. The molecule has 0 fully saturated rings. The number of halogens is 1. The maximum atomic E-state index is 13.5. The van der Waals surface area contributed by atoms with E-state index in [1.165, 1.54) is 6.07 Å². The Bertz CT molecular complexity index is 618. The van der Waals surface area contributed by atoms with E-state index in [1.54, 1.807) is 6.92 Å². The SMILES string of the molecule is CC(CCN(C)C)NS(=O)(=O)c1ccc(F)c(C(N)=S)c1. The molecule has 1 rings (SSSR count). The number of hydrogen-bond donors (Lipinski definition) is 2. The van der Waals surface area contributed by atoms with Crippen LogP contribution in [0, 0.1) is 5.82 Å². The van der Waals surface area contributed by atoms with E-state index in [1.807, 2.05) is 19.0 Å². The molecule has 118 valence electrons. The van der Waals surface area contributed by atoms with Crippen LogP contribution in [-0.2, 0) is 10.0 Å². The molecule has 0 spiro atoms. The first-order valence-electron chi connectivity index (χ1n) is 6.40. The number of rotatable bonds is 7. The summed E-state index contributed by atoms with van der Waals surface area (Å²) in [4.78, 5) is 1.74. The van der Waals surface area contributed by atoms with E-state index in [0.29, 0.717) is 6.42 Å². The highest BCUT2D eigenvalue weighted by Gasteiger charge is 2.19.